The maximum absolute atomic E-state index is 12.1. The summed E-state index contributed by atoms with van der Waals surface area (Å²) in [5.41, 5.74) is 2.79. The highest BCUT2D eigenvalue weighted by molar-refractivity contribution is 5.96. The summed E-state index contributed by atoms with van der Waals surface area (Å²) in [6, 6.07) is 17.2. The monoisotopic (exact) mass is 337 g/mol. The van der Waals surface area contributed by atoms with Gasteiger partial charge in [-0.3, -0.25) is 4.79 Å². The first-order valence-electron chi connectivity index (χ1n) is 8.64. The summed E-state index contributed by atoms with van der Waals surface area (Å²) in [6.45, 7) is 3.41. The molecule has 0 unspecified atom stereocenters. The van der Waals surface area contributed by atoms with Crippen LogP contribution in [0.4, 0.5) is 16.2 Å². The number of rotatable bonds is 5. The molecule has 2 aromatic carbocycles. The molecular weight excluding hydrogens is 314 g/mol. The average molecular weight is 337 g/mol. The molecule has 2 aromatic rings. The Morgan fingerprint density at radius 3 is 2.48 bits per heavy atom. The number of nitrogens with zero attached hydrogens (tertiary/aromatic N) is 1. The highest BCUT2D eigenvalue weighted by Crippen LogP contribution is 2.23. The second-order valence-electron chi connectivity index (χ2n) is 6.34. The van der Waals surface area contributed by atoms with Crippen LogP contribution < -0.4 is 15.5 Å². The van der Waals surface area contributed by atoms with E-state index < -0.39 is 0 Å². The van der Waals surface area contributed by atoms with Gasteiger partial charge in [-0.05, 0) is 42.2 Å². The van der Waals surface area contributed by atoms with Gasteiger partial charge in [-0.15, -0.1) is 0 Å². The third-order valence-electron chi connectivity index (χ3n) is 4.45. The van der Waals surface area contributed by atoms with Gasteiger partial charge >= 0.3 is 6.03 Å². The van der Waals surface area contributed by atoms with Crippen molar-refractivity contribution < 1.29 is 9.59 Å². The first kappa shape index (κ1) is 17.0. The Labute approximate surface area is 148 Å². The summed E-state index contributed by atoms with van der Waals surface area (Å²) in [5.74, 6) is 0.406. The number of urea groups is 1. The Kier molecular flexibility index (Phi) is 5.33. The summed E-state index contributed by atoms with van der Waals surface area (Å²) in [7, 11) is 0. The predicted octanol–water partition coefficient (Wildman–Crippen LogP) is 3.74. The molecule has 3 rings (SSSR count). The Morgan fingerprint density at radius 2 is 1.84 bits per heavy atom. The van der Waals surface area contributed by atoms with Gasteiger partial charge in [0.15, 0.2) is 0 Å². The lowest BCUT2D eigenvalue weighted by atomic mass is 10.0. The fourth-order valence-corrected chi connectivity index (χ4v) is 2.97. The largest absolute Gasteiger partial charge is 0.337 e. The molecule has 1 aliphatic rings. The van der Waals surface area contributed by atoms with Crippen molar-refractivity contribution in [3.63, 3.8) is 0 Å². The van der Waals surface area contributed by atoms with Crippen LogP contribution in [0.1, 0.15) is 31.2 Å². The number of carbonyl (C=O) groups is 2. The topological polar surface area (TPSA) is 61.4 Å². The summed E-state index contributed by atoms with van der Waals surface area (Å²) in [5, 5.41) is 5.72. The quantitative estimate of drug-likeness (QED) is 0.873. The van der Waals surface area contributed by atoms with Gasteiger partial charge in [0.1, 0.15) is 0 Å². The minimum atomic E-state index is -0.229. The second-order valence-corrected chi connectivity index (χ2v) is 6.34. The third kappa shape index (κ3) is 4.38. The van der Waals surface area contributed by atoms with Crippen LogP contribution in [-0.4, -0.2) is 25.0 Å². The van der Waals surface area contributed by atoms with Gasteiger partial charge in [0.05, 0.1) is 0 Å². The zero-order chi connectivity index (χ0) is 17.6. The summed E-state index contributed by atoms with van der Waals surface area (Å²) >= 11 is 0. The van der Waals surface area contributed by atoms with Crippen LogP contribution >= 0.6 is 0 Å². The van der Waals surface area contributed by atoms with Crippen molar-refractivity contribution in [3.8, 4) is 0 Å². The number of nitrogens with one attached hydrogen (secondary N) is 2. The summed E-state index contributed by atoms with van der Waals surface area (Å²) in [6.07, 6.45) is 1.52. The lowest BCUT2D eigenvalue weighted by Crippen LogP contribution is -2.31. The molecule has 0 bridgehead atoms. The maximum atomic E-state index is 12.1. The Bertz CT molecular complexity index is 728. The van der Waals surface area contributed by atoms with Gasteiger partial charge in [0.2, 0.25) is 5.91 Å². The number of hydrogen-bond acceptors (Lipinski definition) is 2. The minimum absolute atomic E-state index is 0.161. The molecule has 1 atom stereocenters. The van der Waals surface area contributed by atoms with Crippen LogP contribution in [0.5, 0.6) is 0 Å². The van der Waals surface area contributed by atoms with Gasteiger partial charge < -0.3 is 15.5 Å². The van der Waals surface area contributed by atoms with E-state index in [2.05, 4.69) is 29.7 Å². The van der Waals surface area contributed by atoms with Crippen LogP contribution in [0.2, 0.25) is 0 Å². The molecule has 130 valence electrons. The number of carbonyl (C=O) groups excluding carboxylic acids is 2. The summed E-state index contributed by atoms with van der Waals surface area (Å²) < 4.78 is 0. The molecule has 0 saturated carbocycles. The zero-order valence-electron chi connectivity index (χ0n) is 14.4. The standard InChI is InChI=1S/C20H23N3O2/c1-15(16-6-3-2-4-7-16)14-21-20(25)22-17-9-11-18(12-10-17)23-13-5-8-19(23)24/h2-4,6-7,9-12,15H,5,8,13-14H2,1H3,(H2,21,22,25)/t15-/m0/s1. The Morgan fingerprint density at radius 1 is 1.12 bits per heavy atom. The number of benzene rings is 2. The van der Waals surface area contributed by atoms with Gasteiger partial charge in [0, 0.05) is 30.9 Å². The third-order valence-corrected chi connectivity index (χ3v) is 4.45. The lowest BCUT2D eigenvalue weighted by molar-refractivity contribution is -0.117. The van der Waals surface area contributed by atoms with Crippen LogP contribution in [-0.2, 0) is 4.79 Å². The average Bonchev–Trinajstić information content (AvgIpc) is 3.07. The Hall–Kier alpha value is -2.82. The molecule has 1 aliphatic heterocycles. The van der Waals surface area contributed by atoms with Gasteiger partial charge in [-0.25, -0.2) is 4.79 Å². The van der Waals surface area contributed by atoms with Crippen LogP contribution in [0.3, 0.4) is 0 Å². The molecular formula is C20H23N3O2. The van der Waals surface area contributed by atoms with Crippen molar-refractivity contribution in [3.05, 3.63) is 60.2 Å². The van der Waals surface area contributed by atoms with E-state index in [1.807, 2.05) is 42.5 Å². The normalized spacial score (nSPS) is 15.1. The molecule has 2 N–H and O–H groups in total. The van der Waals surface area contributed by atoms with E-state index in [9.17, 15) is 9.59 Å². The molecule has 0 aromatic heterocycles. The van der Waals surface area contributed by atoms with Crippen molar-refractivity contribution in [2.45, 2.75) is 25.7 Å². The SMILES string of the molecule is C[C@@H](CNC(=O)Nc1ccc(N2CCCC2=O)cc1)c1ccccc1. The number of amides is 3. The van der Waals surface area contributed by atoms with E-state index in [-0.39, 0.29) is 17.9 Å². The number of hydrogen-bond donors (Lipinski definition) is 2. The Balaban J connectivity index is 1.50. The molecule has 1 heterocycles. The first-order valence-corrected chi connectivity index (χ1v) is 8.64. The second kappa shape index (κ2) is 7.83. The van der Waals surface area contributed by atoms with E-state index in [4.69, 9.17) is 0 Å². The smallest absolute Gasteiger partial charge is 0.319 e. The van der Waals surface area contributed by atoms with Gasteiger partial charge in [0.25, 0.3) is 0 Å². The maximum Gasteiger partial charge on any atom is 0.319 e. The van der Waals surface area contributed by atoms with E-state index in [0.717, 1.165) is 18.7 Å². The molecule has 25 heavy (non-hydrogen) atoms. The molecule has 1 saturated heterocycles. The van der Waals surface area contributed by atoms with Crippen molar-refractivity contribution in [2.24, 2.45) is 0 Å². The molecule has 3 amide bonds. The van der Waals surface area contributed by atoms with E-state index in [1.54, 1.807) is 4.90 Å². The fraction of sp³-hybridized carbons (Fsp3) is 0.300. The van der Waals surface area contributed by atoms with Crippen molar-refractivity contribution >= 4 is 23.3 Å². The highest BCUT2D eigenvalue weighted by atomic mass is 16.2. The fourth-order valence-electron chi connectivity index (χ4n) is 2.97. The van der Waals surface area contributed by atoms with Crippen molar-refractivity contribution in [1.29, 1.82) is 0 Å². The van der Waals surface area contributed by atoms with Gasteiger partial charge in [-0.2, -0.15) is 0 Å². The highest BCUT2D eigenvalue weighted by Gasteiger charge is 2.21. The van der Waals surface area contributed by atoms with Crippen LogP contribution in [0.25, 0.3) is 0 Å². The van der Waals surface area contributed by atoms with Crippen molar-refractivity contribution in [1.82, 2.24) is 5.32 Å². The van der Waals surface area contributed by atoms with E-state index in [1.165, 1.54) is 5.56 Å². The molecule has 0 aliphatic carbocycles. The predicted molar refractivity (Wildman–Crippen MR) is 99.9 cm³/mol. The number of anilines is 2. The minimum Gasteiger partial charge on any atom is -0.337 e. The van der Waals surface area contributed by atoms with E-state index in [0.29, 0.717) is 18.7 Å². The zero-order valence-corrected chi connectivity index (χ0v) is 14.4. The molecule has 5 nitrogen and oxygen atoms in total. The molecule has 0 radical (unpaired) electrons. The van der Waals surface area contributed by atoms with E-state index >= 15 is 0 Å². The molecule has 5 heteroatoms. The lowest BCUT2D eigenvalue weighted by Gasteiger charge is -2.16. The van der Waals surface area contributed by atoms with Crippen LogP contribution in [0.15, 0.2) is 54.6 Å². The molecule has 0 spiro atoms. The molecule has 1 fully saturated rings. The first-order chi connectivity index (χ1) is 12.1. The summed E-state index contributed by atoms with van der Waals surface area (Å²) in [4.78, 5) is 25.6. The van der Waals surface area contributed by atoms with Gasteiger partial charge in [-0.1, -0.05) is 37.3 Å². The van der Waals surface area contributed by atoms with Crippen molar-refractivity contribution in [2.75, 3.05) is 23.3 Å². The van der Waals surface area contributed by atoms with Crippen LogP contribution in [0, 0.1) is 0 Å².